The quantitative estimate of drug-likeness (QED) is 0.836. The Hall–Kier alpha value is -1.88. The molecule has 1 saturated heterocycles. The lowest BCUT2D eigenvalue weighted by Crippen LogP contribution is -2.48. The maximum absolute atomic E-state index is 12.8. The van der Waals surface area contributed by atoms with Gasteiger partial charge in [0, 0.05) is 19.1 Å². The van der Waals surface area contributed by atoms with Crippen molar-refractivity contribution < 1.29 is 9.59 Å². The molecule has 0 aromatic heterocycles. The number of carbonyl (C=O) groups excluding carboxylic acids is 2. The van der Waals surface area contributed by atoms with Gasteiger partial charge in [0.15, 0.2) is 0 Å². The van der Waals surface area contributed by atoms with Gasteiger partial charge >= 0.3 is 0 Å². The molecule has 0 bridgehead atoms. The Morgan fingerprint density at radius 3 is 2.43 bits per heavy atom. The Morgan fingerprint density at radius 2 is 1.87 bits per heavy atom. The Morgan fingerprint density at radius 1 is 1.22 bits per heavy atom. The summed E-state index contributed by atoms with van der Waals surface area (Å²) < 4.78 is 0. The second kappa shape index (κ2) is 8.67. The third kappa shape index (κ3) is 4.79. The van der Waals surface area contributed by atoms with Crippen LogP contribution in [0.15, 0.2) is 30.3 Å². The van der Waals surface area contributed by atoms with Crippen LogP contribution in [-0.4, -0.2) is 49.4 Å². The summed E-state index contributed by atoms with van der Waals surface area (Å²) >= 11 is 0. The topological polar surface area (TPSA) is 61.4 Å². The maximum atomic E-state index is 12.8. The standard InChI is InChI=1S/C18H27N3O2/c1-3-16(14-7-5-4-6-8-14)18(23)21-11-9-15(10-12-21)20-17(22)13-19-2/h4-8,15-16,19H,3,9-13H2,1-2H3,(H,20,22). The molecule has 5 heteroatoms. The van der Waals surface area contributed by atoms with Gasteiger partial charge in [-0.3, -0.25) is 9.59 Å². The summed E-state index contributed by atoms with van der Waals surface area (Å²) in [6.07, 6.45) is 2.46. The predicted molar refractivity (Wildman–Crippen MR) is 91.1 cm³/mol. The molecule has 1 aromatic carbocycles. The molecule has 0 aliphatic carbocycles. The lowest BCUT2D eigenvalue weighted by molar-refractivity contribution is -0.134. The fourth-order valence-corrected chi connectivity index (χ4v) is 3.14. The summed E-state index contributed by atoms with van der Waals surface area (Å²) in [5.41, 5.74) is 1.09. The number of nitrogens with zero attached hydrogens (tertiary/aromatic N) is 1. The van der Waals surface area contributed by atoms with Crippen molar-refractivity contribution in [2.75, 3.05) is 26.7 Å². The molecule has 1 aliphatic rings. The van der Waals surface area contributed by atoms with E-state index in [4.69, 9.17) is 0 Å². The van der Waals surface area contributed by atoms with Crippen LogP contribution in [0, 0.1) is 0 Å². The Labute approximate surface area is 138 Å². The first-order valence-electron chi connectivity index (χ1n) is 8.43. The zero-order chi connectivity index (χ0) is 16.7. The number of likely N-dealkylation sites (tertiary alicyclic amines) is 1. The largest absolute Gasteiger partial charge is 0.352 e. The smallest absolute Gasteiger partial charge is 0.234 e. The SMILES string of the molecule is CCC(C(=O)N1CCC(NC(=O)CNC)CC1)c1ccccc1. The van der Waals surface area contributed by atoms with Crippen LogP contribution in [0.3, 0.4) is 0 Å². The van der Waals surface area contributed by atoms with Crippen LogP contribution < -0.4 is 10.6 Å². The molecular weight excluding hydrogens is 290 g/mol. The summed E-state index contributed by atoms with van der Waals surface area (Å²) in [6, 6.07) is 10.2. The van der Waals surface area contributed by atoms with Gasteiger partial charge in [-0.25, -0.2) is 0 Å². The molecule has 0 radical (unpaired) electrons. The fourth-order valence-electron chi connectivity index (χ4n) is 3.14. The Kier molecular flexibility index (Phi) is 6.59. The van der Waals surface area contributed by atoms with E-state index in [1.54, 1.807) is 7.05 Å². The highest BCUT2D eigenvalue weighted by Gasteiger charge is 2.28. The minimum atomic E-state index is -0.0633. The number of likely N-dealkylation sites (N-methyl/N-ethyl adjacent to an activating group) is 1. The van der Waals surface area contributed by atoms with Crippen LogP contribution in [0.5, 0.6) is 0 Å². The lowest BCUT2D eigenvalue weighted by atomic mass is 9.93. The average Bonchev–Trinajstić information content (AvgIpc) is 2.57. The molecule has 2 rings (SSSR count). The number of rotatable bonds is 6. The molecule has 1 atom stereocenters. The number of hydrogen-bond donors (Lipinski definition) is 2. The molecule has 1 heterocycles. The molecule has 0 spiro atoms. The van der Waals surface area contributed by atoms with Gasteiger partial charge in [0.05, 0.1) is 12.5 Å². The van der Waals surface area contributed by atoms with Gasteiger partial charge in [-0.15, -0.1) is 0 Å². The average molecular weight is 317 g/mol. The predicted octanol–water partition coefficient (Wildman–Crippen LogP) is 1.51. The summed E-state index contributed by atoms with van der Waals surface area (Å²) in [7, 11) is 1.76. The van der Waals surface area contributed by atoms with Crippen molar-refractivity contribution >= 4 is 11.8 Å². The van der Waals surface area contributed by atoms with E-state index in [0.717, 1.165) is 24.8 Å². The van der Waals surface area contributed by atoms with E-state index >= 15 is 0 Å². The third-order valence-corrected chi connectivity index (χ3v) is 4.42. The number of amides is 2. The summed E-state index contributed by atoms with van der Waals surface area (Å²) in [4.78, 5) is 26.3. The van der Waals surface area contributed by atoms with E-state index in [1.165, 1.54) is 0 Å². The van der Waals surface area contributed by atoms with Gasteiger partial charge in [-0.05, 0) is 31.9 Å². The molecule has 0 saturated carbocycles. The van der Waals surface area contributed by atoms with Crippen molar-refractivity contribution in [1.82, 2.24) is 15.5 Å². The Bertz CT molecular complexity index is 510. The number of carbonyl (C=O) groups is 2. The van der Waals surface area contributed by atoms with Crippen LogP contribution in [0.4, 0.5) is 0 Å². The molecule has 5 nitrogen and oxygen atoms in total. The fraction of sp³-hybridized carbons (Fsp3) is 0.556. The molecule has 1 aliphatic heterocycles. The Balaban J connectivity index is 1.89. The second-order valence-electron chi connectivity index (χ2n) is 6.07. The van der Waals surface area contributed by atoms with E-state index in [0.29, 0.717) is 19.6 Å². The molecule has 2 amide bonds. The van der Waals surface area contributed by atoms with Crippen LogP contribution in [0.2, 0.25) is 0 Å². The summed E-state index contributed by atoms with van der Waals surface area (Å²) in [5.74, 6) is 0.165. The van der Waals surface area contributed by atoms with Crippen LogP contribution in [0.25, 0.3) is 0 Å². The number of nitrogens with one attached hydrogen (secondary N) is 2. The van der Waals surface area contributed by atoms with Gasteiger partial charge in [0.1, 0.15) is 0 Å². The summed E-state index contributed by atoms with van der Waals surface area (Å²) in [6.45, 7) is 3.82. The molecule has 1 unspecified atom stereocenters. The third-order valence-electron chi connectivity index (χ3n) is 4.42. The zero-order valence-electron chi connectivity index (χ0n) is 14.0. The van der Waals surface area contributed by atoms with E-state index in [-0.39, 0.29) is 23.8 Å². The highest BCUT2D eigenvalue weighted by Crippen LogP contribution is 2.24. The van der Waals surface area contributed by atoms with Crippen molar-refractivity contribution in [2.24, 2.45) is 0 Å². The zero-order valence-corrected chi connectivity index (χ0v) is 14.0. The molecular formula is C18H27N3O2. The highest BCUT2D eigenvalue weighted by atomic mass is 16.2. The van der Waals surface area contributed by atoms with E-state index in [2.05, 4.69) is 17.6 Å². The van der Waals surface area contributed by atoms with Crippen LogP contribution in [0.1, 0.15) is 37.7 Å². The first kappa shape index (κ1) is 17.5. The van der Waals surface area contributed by atoms with Gasteiger partial charge in [-0.2, -0.15) is 0 Å². The molecule has 23 heavy (non-hydrogen) atoms. The molecule has 126 valence electrons. The molecule has 1 fully saturated rings. The van der Waals surface area contributed by atoms with Gasteiger partial charge < -0.3 is 15.5 Å². The highest BCUT2D eigenvalue weighted by molar-refractivity contribution is 5.84. The van der Waals surface area contributed by atoms with Crippen molar-refractivity contribution in [3.63, 3.8) is 0 Å². The van der Waals surface area contributed by atoms with Crippen molar-refractivity contribution in [3.8, 4) is 0 Å². The van der Waals surface area contributed by atoms with Gasteiger partial charge in [0.25, 0.3) is 0 Å². The van der Waals surface area contributed by atoms with Crippen molar-refractivity contribution in [3.05, 3.63) is 35.9 Å². The lowest BCUT2D eigenvalue weighted by Gasteiger charge is -2.34. The maximum Gasteiger partial charge on any atom is 0.234 e. The molecule has 1 aromatic rings. The van der Waals surface area contributed by atoms with E-state index in [1.807, 2.05) is 35.2 Å². The van der Waals surface area contributed by atoms with Crippen LogP contribution >= 0.6 is 0 Å². The number of benzene rings is 1. The first-order chi connectivity index (χ1) is 11.2. The van der Waals surface area contributed by atoms with E-state index in [9.17, 15) is 9.59 Å². The summed E-state index contributed by atoms with van der Waals surface area (Å²) in [5, 5.41) is 5.86. The van der Waals surface area contributed by atoms with Crippen molar-refractivity contribution in [2.45, 2.75) is 38.1 Å². The van der Waals surface area contributed by atoms with Gasteiger partial charge in [-0.1, -0.05) is 37.3 Å². The molecule has 2 N–H and O–H groups in total. The monoisotopic (exact) mass is 317 g/mol. The normalized spacial score (nSPS) is 16.9. The number of piperidine rings is 1. The van der Waals surface area contributed by atoms with Crippen molar-refractivity contribution in [1.29, 1.82) is 0 Å². The number of hydrogen-bond acceptors (Lipinski definition) is 3. The minimum absolute atomic E-state index is 0.0213. The first-order valence-corrected chi connectivity index (χ1v) is 8.43. The van der Waals surface area contributed by atoms with Crippen LogP contribution in [-0.2, 0) is 9.59 Å². The van der Waals surface area contributed by atoms with Gasteiger partial charge in [0.2, 0.25) is 11.8 Å². The minimum Gasteiger partial charge on any atom is -0.352 e. The second-order valence-corrected chi connectivity index (χ2v) is 6.07. The van der Waals surface area contributed by atoms with E-state index < -0.39 is 0 Å².